The quantitative estimate of drug-likeness (QED) is 0.515. The van der Waals surface area contributed by atoms with Crippen molar-refractivity contribution in [2.75, 3.05) is 5.75 Å². The van der Waals surface area contributed by atoms with Gasteiger partial charge < -0.3 is 9.84 Å². The maximum absolute atomic E-state index is 11.1. The molecule has 2 heterocycles. The van der Waals surface area contributed by atoms with Crippen molar-refractivity contribution < 1.29 is 19.6 Å². The summed E-state index contributed by atoms with van der Waals surface area (Å²) in [6.07, 6.45) is 0. The molecule has 0 aliphatic carbocycles. The molecule has 1 atom stereocenters. The van der Waals surface area contributed by atoms with Crippen molar-refractivity contribution in [2.24, 2.45) is 4.99 Å². The molecule has 4 rings (SSSR count). The number of aliphatic carboxylic acids is 1. The highest BCUT2D eigenvalue weighted by Gasteiger charge is 2.25. The topological polar surface area (TPSA) is 115 Å². The van der Waals surface area contributed by atoms with E-state index in [0.29, 0.717) is 27.8 Å². The van der Waals surface area contributed by atoms with E-state index >= 15 is 0 Å². The Morgan fingerprint density at radius 1 is 1.21 bits per heavy atom. The highest BCUT2D eigenvalue weighted by Crippen LogP contribution is 2.32. The van der Waals surface area contributed by atoms with Crippen molar-refractivity contribution in [1.82, 2.24) is 4.98 Å². The number of carboxylic acid groups (broad SMARTS) is 1. The number of rotatable bonds is 5. The zero-order valence-electron chi connectivity index (χ0n) is 14.3. The van der Waals surface area contributed by atoms with Crippen LogP contribution in [0.1, 0.15) is 5.69 Å². The Morgan fingerprint density at radius 3 is 2.79 bits per heavy atom. The van der Waals surface area contributed by atoms with Crippen LogP contribution in [0.15, 0.2) is 59.6 Å². The fourth-order valence-corrected chi connectivity index (χ4v) is 3.74. The lowest BCUT2D eigenvalue weighted by Crippen LogP contribution is -2.17. The normalized spacial score (nSPS) is 16.0. The molecule has 0 spiro atoms. The van der Waals surface area contributed by atoms with Gasteiger partial charge in [0.15, 0.2) is 6.04 Å². The van der Waals surface area contributed by atoms with Crippen LogP contribution in [0.25, 0.3) is 10.9 Å². The second-order valence-corrected chi connectivity index (χ2v) is 6.99. The molecule has 9 heteroatoms. The number of hydrogen-bond donors (Lipinski definition) is 1. The van der Waals surface area contributed by atoms with E-state index in [1.165, 1.54) is 23.9 Å². The molecule has 0 fully saturated rings. The zero-order chi connectivity index (χ0) is 19.7. The van der Waals surface area contributed by atoms with Gasteiger partial charge in [0, 0.05) is 17.2 Å². The summed E-state index contributed by atoms with van der Waals surface area (Å²) in [7, 11) is 0. The monoisotopic (exact) mass is 395 g/mol. The van der Waals surface area contributed by atoms with E-state index in [2.05, 4.69) is 9.98 Å². The molecule has 140 valence electrons. The predicted octanol–water partition coefficient (Wildman–Crippen LogP) is 3.88. The van der Waals surface area contributed by atoms with Crippen molar-refractivity contribution in [1.29, 1.82) is 0 Å². The summed E-state index contributed by atoms with van der Waals surface area (Å²) in [6.45, 7) is 0. The molecule has 28 heavy (non-hydrogen) atoms. The number of pyridine rings is 1. The summed E-state index contributed by atoms with van der Waals surface area (Å²) in [6, 6.07) is 14.2. The lowest BCUT2D eigenvalue weighted by Gasteiger charge is -2.08. The number of benzene rings is 2. The van der Waals surface area contributed by atoms with Crippen LogP contribution in [-0.2, 0) is 4.79 Å². The Morgan fingerprint density at radius 2 is 2.04 bits per heavy atom. The molecule has 1 aromatic heterocycles. The highest BCUT2D eigenvalue weighted by molar-refractivity contribution is 8.14. The van der Waals surface area contributed by atoms with Gasteiger partial charge in [0.1, 0.15) is 10.8 Å². The van der Waals surface area contributed by atoms with Crippen molar-refractivity contribution in [2.45, 2.75) is 6.04 Å². The maximum atomic E-state index is 11.1. The number of thioether (sulfide) groups is 1. The van der Waals surface area contributed by atoms with Crippen LogP contribution in [0.5, 0.6) is 11.5 Å². The molecule has 0 saturated carbocycles. The number of para-hydroxylation sites is 2. The molecule has 3 aromatic rings. The average Bonchev–Trinajstić information content (AvgIpc) is 3.18. The van der Waals surface area contributed by atoms with Gasteiger partial charge in [-0.15, -0.1) is 11.8 Å². The molecule has 2 aromatic carbocycles. The highest BCUT2D eigenvalue weighted by atomic mass is 32.2. The van der Waals surface area contributed by atoms with Gasteiger partial charge in [-0.2, -0.15) is 0 Å². The minimum atomic E-state index is -0.944. The van der Waals surface area contributed by atoms with Crippen LogP contribution in [0.2, 0.25) is 0 Å². The first kappa shape index (κ1) is 17.9. The first-order chi connectivity index (χ1) is 13.5. The van der Waals surface area contributed by atoms with Crippen molar-refractivity contribution in [3.8, 4) is 11.5 Å². The summed E-state index contributed by atoms with van der Waals surface area (Å²) in [5.74, 6) is 0.0651. The molecular formula is C19H13N3O5S. The van der Waals surface area contributed by atoms with Crippen LogP contribution >= 0.6 is 11.8 Å². The number of ether oxygens (including phenoxy) is 1. The first-order valence-corrected chi connectivity index (χ1v) is 9.26. The van der Waals surface area contributed by atoms with E-state index in [1.54, 1.807) is 36.4 Å². The largest absolute Gasteiger partial charge is 0.480 e. The van der Waals surface area contributed by atoms with Gasteiger partial charge >= 0.3 is 11.7 Å². The van der Waals surface area contributed by atoms with Gasteiger partial charge in [0.2, 0.25) is 5.75 Å². The van der Waals surface area contributed by atoms with Crippen LogP contribution in [0, 0.1) is 10.1 Å². The number of nitro groups is 1. The third-order valence-corrected chi connectivity index (χ3v) is 5.18. The van der Waals surface area contributed by atoms with Crippen molar-refractivity contribution in [3.05, 3.63) is 70.4 Å². The second-order valence-electron chi connectivity index (χ2n) is 5.98. The second kappa shape index (κ2) is 7.28. The number of carboxylic acids is 1. The van der Waals surface area contributed by atoms with Crippen LogP contribution in [-0.4, -0.2) is 37.8 Å². The first-order valence-electron chi connectivity index (χ1n) is 8.27. The van der Waals surface area contributed by atoms with Gasteiger partial charge in [-0.25, -0.2) is 9.78 Å². The minimum absolute atomic E-state index is 0.111. The molecular weight excluding hydrogens is 382 g/mol. The molecule has 1 aliphatic heterocycles. The van der Waals surface area contributed by atoms with E-state index < -0.39 is 16.9 Å². The lowest BCUT2D eigenvalue weighted by molar-refractivity contribution is -0.385. The molecule has 0 bridgehead atoms. The number of nitrogens with zero attached hydrogens (tertiary/aromatic N) is 3. The summed E-state index contributed by atoms with van der Waals surface area (Å²) >= 11 is 1.37. The van der Waals surface area contributed by atoms with Crippen molar-refractivity contribution in [3.63, 3.8) is 0 Å². The summed E-state index contributed by atoms with van der Waals surface area (Å²) in [5.41, 5.74) is 1.20. The number of aliphatic imine (C=N–C) groups is 1. The van der Waals surface area contributed by atoms with E-state index in [9.17, 15) is 14.9 Å². The SMILES string of the molecule is O=C(O)[C@H]1CSC(c2ccc3cc(Oc4ccccc4[N+](=O)[O-])ccc3n2)=N1. The summed E-state index contributed by atoms with van der Waals surface area (Å²) in [4.78, 5) is 30.4. The van der Waals surface area contributed by atoms with Crippen molar-refractivity contribution >= 4 is 39.4 Å². The summed E-state index contributed by atoms with van der Waals surface area (Å²) in [5, 5.41) is 21.6. The number of aromatic nitrogens is 1. The number of fused-ring (bicyclic) bond motifs is 1. The van der Waals surface area contributed by atoms with E-state index in [-0.39, 0.29) is 11.4 Å². The third-order valence-electron chi connectivity index (χ3n) is 4.11. The van der Waals surface area contributed by atoms with Crippen LogP contribution < -0.4 is 4.74 Å². The van der Waals surface area contributed by atoms with Crippen LogP contribution in [0.4, 0.5) is 5.69 Å². The minimum Gasteiger partial charge on any atom is -0.480 e. The number of carbonyl (C=O) groups is 1. The van der Waals surface area contributed by atoms with E-state index in [4.69, 9.17) is 9.84 Å². The fourth-order valence-electron chi connectivity index (χ4n) is 2.75. The Balaban J connectivity index is 1.62. The molecule has 8 nitrogen and oxygen atoms in total. The Labute approximate surface area is 163 Å². The Hall–Kier alpha value is -3.46. The Bertz CT molecular complexity index is 1130. The molecule has 1 aliphatic rings. The molecule has 0 radical (unpaired) electrons. The smallest absolute Gasteiger partial charge is 0.329 e. The zero-order valence-corrected chi connectivity index (χ0v) is 15.1. The summed E-state index contributed by atoms with van der Waals surface area (Å²) < 4.78 is 5.69. The number of nitro benzene ring substituents is 1. The van der Waals surface area contributed by atoms with Gasteiger partial charge in [-0.05, 0) is 30.3 Å². The fraction of sp³-hybridized carbons (Fsp3) is 0.105. The molecule has 1 N–H and O–H groups in total. The molecule has 0 saturated heterocycles. The lowest BCUT2D eigenvalue weighted by atomic mass is 10.2. The standard InChI is InChI=1S/C19H13N3O5S/c23-19(24)15-10-28-18(21-15)14-7-5-11-9-12(6-8-13(11)20-14)27-17-4-2-1-3-16(17)22(25)26/h1-9,15H,10H2,(H,23,24)/t15-/m1/s1. The van der Waals surface area contributed by atoms with Crippen LogP contribution in [0.3, 0.4) is 0 Å². The third kappa shape index (κ3) is 3.52. The molecule has 0 unspecified atom stereocenters. The molecule has 0 amide bonds. The number of hydrogen-bond acceptors (Lipinski definition) is 7. The van der Waals surface area contributed by atoms with E-state index in [0.717, 1.165) is 5.39 Å². The average molecular weight is 395 g/mol. The van der Waals surface area contributed by atoms with Gasteiger partial charge in [-0.1, -0.05) is 18.2 Å². The van der Waals surface area contributed by atoms with Gasteiger partial charge in [-0.3, -0.25) is 15.1 Å². The maximum Gasteiger partial charge on any atom is 0.329 e. The van der Waals surface area contributed by atoms with Gasteiger partial charge in [0.25, 0.3) is 0 Å². The predicted molar refractivity (Wildman–Crippen MR) is 105 cm³/mol. The Kier molecular flexibility index (Phi) is 4.66. The van der Waals surface area contributed by atoms with E-state index in [1.807, 2.05) is 6.07 Å². The van der Waals surface area contributed by atoms with Gasteiger partial charge in [0.05, 0.1) is 16.1 Å².